The molecular weight excluding hydrogens is 202 g/mol. The van der Waals surface area contributed by atoms with Crippen molar-refractivity contribution in [3.8, 4) is 0 Å². The Morgan fingerprint density at radius 2 is 2.07 bits per heavy atom. The molecule has 1 aliphatic carbocycles. The van der Waals surface area contributed by atoms with Gasteiger partial charge >= 0.3 is 0 Å². The maximum absolute atomic E-state index is 12.8. The highest BCUT2D eigenvalue weighted by Crippen LogP contribution is 2.58. The fraction of sp³-hybridized carbons (Fsp3) is 0.909. The van der Waals surface area contributed by atoms with Gasteiger partial charge in [-0.2, -0.15) is 0 Å². The molecule has 3 rings (SSSR count). The SMILES string of the molecule is O=CC1(CC2CC2(F)F)CC2CCC1O2. The third-order valence-electron chi connectivity index (χ3n) is 4.17. The van der Waals surface area contributed by atoms with E-state index in [2.05, 4.69) is 0 Å². The quantitative estimate of drug-likeness (QED) is 0.676. The third kappa shape index (κ3) is 1.34. The number of hydrogen-bond acceptors (Lipinski definition) is 2. The van der Waals surface area contributed by atoms with E-state index in [1.165, 1.54) is 0 Å². The topological polar surface area (TPSA) is 26.3 Å². The van der Waals surface area contributed by atoms with E-state index in [1.54, 1.807) is 0 Å². The minimum Gasteiger partial charge on any atom is -0.374 e. The summed E-state index contributed by atoms with van der Waals surface area (Å²) in [6, 6.07) is 0. The van der Waals surface area contributed by atoms with Gasteiger partial charge in [0, 0.05) is 12.3 Å². The molecule has 4 unspecified atom stereocenters. The van der Waals surface area contributed by atoms with E-state index in [1.807, 2.05) is 0 Å². The molecule has 2 saturated heterocycles. The lowest BCUT2D eigenvalue weighted by Crippen LogP contribution is -2.35. The van der Waals surface area contributed by atoms with Crippen LogP contribution in [0.4, 0.5) is 8.78 Å². The molecule has 4 heteroatoms. The second-order valence-corrected chi connectivity index (χ2v) is 5.25. The van der Waals surface area contributed by atoms with Gasteiger partial charge in [-0.3, -0.25) is 0 Å². The van der Waals surface area contributed by atoms with Crippen LogP contribution in [0.1, 0.15) is 32.1 Å². The molecule has 3 fully saturated rings. The molecule has 2 bridgehead atoms. The Morgan fingerprint density at radius 3 is 2.47 bits per heavy atom. The third-order valence-corrected chi connectivity index (χ3v) is 4.17. The van der Waals surface area contributed by atoms with E-state index in [0.717, 1.165) is 19.1 Å². The van der Waals surface area contributed by atoms with Crippen molar-refractivity contribution in [2.24, 2.45) is 11.3 Å². The van der Waals surface area contributed by atoms with Crippen LogP contribution in [0.25, 0.3) is 0 Å². The molecule has 0 aromatic rings. The number of ether oxygens (including phenoxy) is 1. The largest absolute Gasteiger partial charge is 0.374 e. The number of carbonyl (C=O) groups excluding carboxylic acids is 1. The standard InChI is InChI=1S/C11H14F2O2/c12-11(13)4-7(11)3-10(6-14)5-8-1-2-9(10)15-8/h6-9H,1-5H2. The second-order valence-electron chi connectivity index (χ2n) is 5.25. The van der Waals surface area contributed by atoms with Crippen LogP contribution >= 0.6 is 0 Å². The number of alkyl halides is 2. The lowest BCUT2D eigenvalue weighted by molar-refractivity contribution is -0.120. The van der Waals surface area contributed by atoms with Crippen molar-refractivity contribution in [2.45, 2.75) is 50.2 Å². The molecule has 2 aliphatic heterocycles. The summed E-state index contributed by atoms with van der Waals surface area (Å²) in [6.07, 6.45) is 3.73. The normalized spacial score (nSPS) is 50.7. The number of fused-ring (bicyclic) bond motifs is 2. The molecule has 0 aromatic carbocycles. The van der Waals surface area contributed by atoms with Crippen LogP contribution in [-0.2, 0) is 9.53 Å². The van der Waals surface area contributed by atoms with Gasteiger partial charge in [-0.05, 0) is 25.7 Å². The van der Waals surface area contributed by atoms with Crippen molar-refractivity contribution in [2.75, 3.05) is 0 Å². The molecule has 2 nitrogen and oxygen atoms in total. The molecule has 0 spiro atoms. The van der Waals surface area contributed by atoms with Crippen molar-refractivity contribution < 1.29 is 18.3 Å². The highest BCUT2D eigenvalue weighted by Gasteiger charge is 2.62. The zero-order chi connectivity index (χ0) is 10.7. The van der Waals surface area contributed by atoms with E-state index in [4.69, 9.17) is 4.74 Å². The minimum atomic E-state index is -2.52. The first-order valence-electron chi connectivity index (χ1n) is 5.55. The first kappa shape index (κ1) is 9.70. The van der Waals surface area contributed by atoms with E-state index < -0.39 is 17.3 Å². The molecular formula is C11H14F2O2. The predicted octanol–water partition coefficient (Wildman–Crippen LogP) is 2.17. The molecule has 0 amide bonds. The molecule has 4 atom stereocenters. The Labute approximate surface area is 87.0 Å². The minimum absolute atomic E-state index is 0.0417. The number of carbonyl (C=O) groups is 1. The van der Waals surface area contributed by atoms with E-state index in [9.17, 15) is 13.6 Å². The maximum atomic E-state index is 12.8. The van der Waals surface area contributed by atoms with Crippen LogP contribution in [0.5, 0.6) is 0 Å². The van der Waals surface area contributed by atoms with E-state index >= 15 is 0 Å². The Bertz CT molecular complexity index is 305. The molecule has 0 N–H and O–H groups in total. The number of aldehydes is 1. The van der Waals surface area contributed by atoms with Crippen LogP contribution in [-0.4, -0.2) is 24.4 Å². The fourth-order valence-corrected chi connectivity index (χ4v) is 3.17. The maximum Gasteiger partial charge on any atom is 0.251 e. The summed E-state index contributed by atoms with van der Waals surface area (Å²) in [7, 11) is 0. The highest BCUT2D eigenvalue weighted by molar-refractivity contribution is 5.62. The summed E-state index contributed by atoms with van der Waals surface area (Å²) >= 11 is 0. The molecule has 1 saturated carbocycles. The molecule has 15 heavy (non-hydrogen) atoms. The number of rotatable bonds is 3. The van der Waals surface area contributed by atoms with Crippen LogP contribution in [0.2, 0.25) is 0 Å². The molecule has 84 valence electrons. The van der Waals surface area contributed by atoms with Gasteiger partial charge < -0.3 is 9.53 Å². The van der Waals surface area contributed by atoms with Crippen molar-refractivity contribution in [3.05, 3.63) is 0 Å². The predicted molar refractivity (Wildman–Crippen MR) is 48.7 cm³/mol. The Morgan fingerprint density at radius 1 is 1.33 bits per heavy atom. The van der Waals surface area contributed by atoms with Crippen molar-refractivity contribution in [3.63, 3.8) is 0 Å². The summed E-state index contributed by atoms with van der Waals surface area (Å²) in [5.41, 5.74) is -0.590. The van der Waals surface area contributed by atoms with Gasteiger partial charge in [-0.25, -0.2) is 8.78 Å². The summed E-state index contributed by atoms with van der Waals surface area (Å²) in [5.74, 6) is -3.09. The zero-order valence-electron chi connectivity index (χ0n) is 8.42. The van der Waals surface area contributed by atoms with Gasteiger partial charge in [0.15, 0.2) is 0 Å². The zero-order valence-corrected chi connectivity index (χ0v) is 8.42. The first-order valence-corrected chi connectivity index (χ1v) is 5.55. The van der Waals surface area contributed by atoms with Gasteiger partial charge in [0.05, 0.1) is 17.6 Å². The van der Waals surface area contributed by atoms with Crippen LogP contribution < -0.4 is 0 Å². The van der Waals surface area contributed by atoms with Gasteiger partial charge in [0.2, 0.25) is 0 Å². The lowest BCUT2D eigenvalue weighted by Gasteiger charge is -2.29. The fourth-order valence-electron chi connectivity index (χ4n) is 3.17. The van der Waals surface area contributed by atoms with Crippen molar-refractivity contribution >= 4 is 6.29 Å². The van der Waals surface area contributed by atoms with Crippen LogP contribution in [0.3, 0.4) is 0 Å². The van der Waals surface area contributed by atoms with Crippen LogP contribution in [0, 0.1) is 11.3 Å². The number of hydrogen-bond donors (Lipinski definition) is 0. The van der Waals surface area contributed by atoms with E-state index in [0.29, 0.717) is 12.8 Å². The average molecular weight is 216 g/mol. The van der Waals surface area contributed by atoms with Crippen LogP contribution in [0.15, 0.2) is 0 Å². The van der Waals surface area contributed by atoms with Gasteiger partial charge in [0.1, 0.15) is 6.29 Å². The summed E-state index contributed by atoms with van der Waals surface area (Å²) < 4.78 is 31.3. The van der Waals surface area contributed by atoms with Gasteiger partial charge in [-0.1, -0.05) is 0 Å². The van der Waals surface area contributed by atoms with Gasteiger partial charge in [-0.15, -0.1) is 0 Å². The average Bonchev–Trinajstić information content (AvgIpc) is 2.60. The molecule has 0 radical (unpaired) electrons. The lowest BCUT2D eigenvalue weighted by atomic mass is 9.71. The van der Waals surface area contributed by atoms with Gasteiger partial charge in [0.25, 0.3) is 5.92 Å². The molecule has 0 aromatic heterocycles. The second kappa shape index (κ2) is 2.78. The Hall–Kier alpha value is -0.510. The number of halogens is 2. The first-order chi connectivity index (χ1) is 7.06. The molecule has 3 aliphatic rings. The smallest absolute Gasteiger partial charge is 0.251 e. The van der Waals surface area contributed by atoms with E-state index in [-0.39, 0.29) is 18.6 Å². The monoisotopic (exact) mass is 216 g/mol. The summed E-state index contributed by atoms with van der Waals surface area (Å²) in [5, 5.41) is 0. The van der Waals surface area contributed by atoms with Crippen molar-refractivity contribution in [1.29, 1.82) is 0 Å². The summed E-state index contributed by atoms with van der Waals surface area (Å²) in [4.78, 5) is 11.2. The molecule has 2 heterocycles. The summed E-state index contributed by atoms with van der Waals surface area (Å²) in [6.45, 7) is 0. The highest BCUT2D eigenvalue weighted by atomic mass is 19.3. The Kier molecular flexibility index (Phi) is 1.80. The van der Waals surface area contributed by atoms with Crippen molar-refractivity contribution in [1.82, 2.24) is 0 Å². The Balaban J connectivity index is 1.74.